The molecule has 2 heterocycles. The number of H-pyrrole nitrogens is 1. The van der Waals surface area contributed by atoms with Gasteiger partial charge in [-0.3, -0.25) is 14.4 Å². The highest BCUT2D eigenvalue weighted by atomic mass is 79.9. The molecule has 0 saturated heterocycles. The molecule has 4 aromatic rings. The summed E-state index contributed by atoms with van der Waals surface area (Å²) in [7, 11) is 3.06. The molecule has 2 N–H and O–H groups in total. The summed E-state index contributed by atoms with van der Waals surface area (Å²) in [6.45, 7) is 0. The van der Waals surface area contributed by atoms with Crippen LogP contribution in [0.4, 0.5) is 0 Å². The Hall–Kier alpha value is -4.44. The quantitative estimate of drug-likeness (QED) is 0.241. The van der Waals surface area contributed by atoms with Crippen molar-refractivity contribution in [2.24, 2.45) is 5.10 Å². The fraction of sp³-hybridized carbons (Fsp3) is 0.226. The van der Waals surface area contributed by atoms with Gasteiger partial charge < -0.3 is 19.6 Å². The number of carbonyl (C=O) groups excluding carboxylic acids is 1. The summed E-state index contributed by atoms with van der Waals surface area (Å²) in [5.74, 6) is -0.373. The minimum absolute atomic E-state index is 0.0154. The van der Waals surface area contributed by atoms with E-state index in [1.54, 1.807) is 12.1 Å². The van der Waals surface area contributed by atoms with E-state index < -0.39 is 12.0 Å². The van der Waals surface area contributed by atoms with Crippen LogP contribution in [0.25, 0.3) is 22.0 Å². The Morgan fingerprint density at radius 1 is 1.02 bits per heavy atom. The lowest BCUT2D eigenvalue weighted by atomic mass is 9.90. The van der Waals surface area contributed by atoms with Crippen molar-refractivity contribution in [1.29, 1.82) is 0 Å². The third kappa shape index (κ3) is 5.60. The molecule has 5 rings (SSSR count). The van der Waals surface area contributed by atoms with Crippen LogP contribution in [0.15, 0.2) is 81.1 Å². The molecule has 1 atom stereocenters. The van der Waals surface area contributed by atoms with Crippen molar-refractivity contribution in [1.82, 2.24) is 9.99 Å². The average molecular weight is 618 g/mol. The van der Waals surface area contributed by atoms with Crippen molar-refractivity contribution in [3.8, 4) is 22.6 Å². The van der Waals surface area contributed by atoms with E-state index in [2.05, 4.69) is 20.9 Å². The number of methoxy groups -OCH3 is 2. The first-order chi connectivity index (χ1) is 19.8. The monoisotopic (exact) mass is 617 g/mol. The van der Waals surface area contributed by atoms with E-state index >= 15 is 0 Å². The average Bonchev–Trinajstić information content (AvgIpc) is 3.41. The van der Waals surface area contributed by atoms with Crippen molar-refractivity contribution in [3.05, 3.63) is 92.7 Å². The molecular weight excluding hydrogens is 590 g/mol. The summed E-state index contributed by atoms with van der Waals surface area (Å²) in [5.41, 5.74) is 3.37. The van der Waals surface area contributed by atoms with Gasteiger partial charge in [0, 0.05) is 45.8 Å². The minimum Gasteiger partial charge on any atom is -0.493 e. The van der Waals surface area contributed by atoms with Crippen LogP contribution in [0.3, 0.4) is 0 Å². The maximum Gasteiger partial charge on any atom is 0.303 e. The van der Waals surface area contributed by atoms with Gasteiger partial charge in [0.25, 0.3) is 5.56 Å². The zero-order valence-electron chi connectivity index (χ0n) is 22.5. The predicted octanol–water partition coefficient (Wildman–Crippen LogP) is 5.91. The van der Waals surface area contributed by atoms with Gasteiger partial charge in [-0.1, -0.05) is 58.4 Å². The lowest BCUT2D eigenvalue weighted by Crippen LogP contribution is -2.27. The Balaban J connectivity index is 1.69. The second kappa shape index (κ2) is 12.0. The van der Waals surface area contributed by atoms with Gasteiger partial charge in [-0.05, 0) is 36.2 Å². The number of fused-ring (bicyclic) bond motifs is 1. The van der Waals surface area contributed by atoms with Crippen molar-refractivity contribution in [3.63, 3.8) is 0 Å². The van der Waals surface area contributed by atoms with Gasteiger partial charge in [-0.15, -0.1) is 0 Å². The largest absolute Gasteiger partial charge is 0.493 e. The SMILES string of the molecule is COc1cccc(C2CC(c3c(-c4ccccc4)c4cc(Br)ccc4[nH]c3=O)=NN2C(=O)CCCC(=O)O)c1OC. The van der Waals surface area contributed by atoms with Crippen LogP contribution < -0.4 is 15.0 Å². The van der Waals surface area contributed by atoms with Crippen LogP contribution in [0.5, 0.6) is 11.5 Å². The molecule has 10 heteroatoms. The second-order valence-electron chi connectivity index (χ2n) is 9.60. The number of carboxylic acid groups (broad SMARTS) is 1. The number of aromatic nitrogens is 1. The van der Waals surface area contributed by atoms with Gasteiger partial charge >= 0.3 is 5.97 Å². The van der Waals surface area contributed by atoms with Crippen LogP contribution in [0.1, 0.15) is 42.9 Å². The van der Waals surface area contributed by atoms with Crippen LogP contribution in [-0.4, -0.2) is 46.9 Å². The van der Waals surface area contributed by atoms with E-state index in [0.29, 0.717) is 39.4 Å². The number of nitrogens with one attached hydrogen (secondary N) is 1. The number of benzene rings is 3. The first kappa shape index (κ1) is 28.1. The number of aromatic amines is 1. The molecule has 9 nitrogen and oxygen atoms in total. The highest BCUT2D eigenvalue weighted by Gasteiger charge is 2.37. The molecule has 1 aliphatic heterocycles. The number of ether oxygens (including phenoxy) is 2. The van der Waals surface area contributed by atoms with Crippen molar-refractivity contribution < 1.29 is 24.2 Å². The normalized spacial score (nSPS) is 14.7. The van der Waals surface area contributed by atoms with E-state index in [1.807, 2.05) is 54.6 Å². The van der Waals surface area contributed by atoms with Gasteiger partial charge in [0.1, 0.15) is 0 Å². The van der Waals surface area contributed by atoms with Crippen LogP contribution in [0, 0.1) is 0 Å². The number of rotatable bonds is 9. The number of pyridine rings is 1. The molecule has 0 saturated carbocycles. The highest BCUT2D eigenvalue weighted by Crippen LogP contribution is 2.43. The summed E-state index contributed by atoms with van der Waals surface area (Å²) in [6, 6.07) is 20.0. The topological polar surface area (TPSA) is 121 Å². The van der Waals surface area contributed by atoms with Gasteiger partial charge in [0.2, 0.25) is 5.91 Å². The summed E-state index contributed by atoms with van der Waals surface area (Å²) in [4.78, 5) is 41.3. The molecule has 0 aliphatic carbocycles. The summed E-state index contributed by atoms with van der Waals surface area (Å²) in [5, 5.41) is 16.0. The molecule has 0 radical (unpaired) electrons. The number of carboxylic acids is 1. The van der Waals surface area contributed by atoms with E-state index in [-0.39, 0.29) is 37.1 Å². The van der Waals surface area contributed by atoms with Crippen molar-refractivity contribution in [2.45, 2.75) is 31.7 Å². The minimum atomic E-state index is -0.976. The second-order valence-corrected chi connectivity index (χ2v) is 10.5. The molecule has 0 bridgehead atoms. The van der Waals surface area contributed by atoms with E-state index in [0.717, 1.165) is 15.4 Å². The number of nitrogens with zero attached hydrogens (tertiary/aromatic N) is 2. The third-order valence-electron chi connectivity index (χ3n) is 7.07. The maximum atomic E-state index is 13.7. The predicted molar refractivity (Wildman–Crippen MR) is 159 cm³/mol. The number of hydrazone groups is 1. The number of hydrogen-bond donors (Lipinski definition) is 2. The molecule has 0 fully saturated rings. The Bertz CT molecular complexity index is 1720. The number of hydrogen-bond acceptors (Lipinski definition) is 6. The van der Waals surface area contributed by atoms with E-state index in [1.165, 1.54) is 19.2 Å². The van der Waals surface area contributed by atoms with Crippen LogP contribution in [-0.2, 0) is 9.59 Å². The molecule has 210 valence electrons. The Morgan fingerprint density at radius 3 is 2.51 bits per heavy atom. The summed E-state index contributed by atoms with van der Waals surface area (Å²) in [6.07, 6.45) is 0.243. The maximum absolute atomic E-state index is 13.7. The first-order valence-electron chi connectivity index (χ1n) is 13.1. The van der Waals surface area contributed by atoms with E-state index in [4.69, 9.17) is 19.7 Å². The number of aliphatic carboxylic acids is 1. The molecule has 1 unspecified atom stereocenters. The Morgan fingerprint density at radius 2 is 1.80 bits per heavy atom. The standard InChI is InChI=1S/C31H28BrN3O6/c1-40-25-11-6-10-20(30(25)41-2)24-17-23(34-35(24)26(36)12-7-13-27(37)38)29-28(18-8-4-3-5-9-18)21-16-19(32)14-15-22(21)33-31(29)39/h3-6,8-11,14-16,24H,7,12-13,17H2,1-2H3,(H,33,39)(H,37,38). The van der Waals surface area contributed by atoms with Crippen LogP contribution in [0.2, 0.25) is 0 Å². The lowest BCUT2D eigenvalue weighted by Gasteiger charge is -2.24. The van der Waals surface area contributed by atoms with E-state index in [9.17, 15) is 14.4 Å². The molecular formula is C31H28BrN3O6. The fourth-order valence-electron chi connectivity index (χ4n) is 5.26. The molecule has 41 heavy (non-hydrogen) atoms. The first-order valence-corrected chi connectivity index (χ1v) is 13.8. The molecule has 3 aromatic carbocycles. The van der Waals surface area contributed by atoms with Gasteiger partial charge in [-0.25, -0.2) is 5.01 Å². The molecule has 1 aromatic heterocycles. The van der Waals surface area contributed by atoms with Gasteiger partial charge in [-0.2, -0.15) is 5.10 Å². The summed E-state index contributed by atoms with van der Waals surface area (Å²) >= 11 is 3.56. The number of amides is 1. The zero-order valence-corrected chi connectivity index (χ0v) is 24.1. The summed E-state index contributed by atoms with van der Waals surface area (Å²) < 4.78 is 12.0. The molecule has 1 amide bonds. The highest BCUT2D eigenvalue weighted by molar-refractivity contribution is 9.10. The number of para-hydroxylation sites is 1. The Labute approximate surface area is 244 Å². The Kier molecular flexibility index (Phi) is 8.21. The smallest absolute Gasteiger partial charge is 0.303 e. The third-order valence-corrected chi connectivity index (χ3v) is 7.56. The van der Waals surface area contributed by atoms with Gasteiger partial charge in [0.05, 0.1) is 31.5 Å². The number of halogens is 1. The van der Waals surface area contributed by atoms with Crippen molar-refractivity contribution >= 4 is 44.4 Å². The molecule has 1 aliphatic rings. The number of carbonyl (C=O) groups is 2. The van der Waals surface area contributed by atoms with Gasteiger partial charge in [0.15, 0.2) is 11.5 Å². The lowest BCUT2D eigenvalue weighted by molar-refractivity contribution is -0.137. The molecule has 0 spiro atoms. The van der Waals surface area contributed by atoms with Crippen LogP contribution >= 0.6 is 15.9 Å². The van der Waals surface area contributed by atoms with Crippen molar-refractivity contribution in [2.75, 3.05) is 14.2 Å². The fourth-order valence-corrected chi connectivity index (χ4v) is 5.62. The zero-order chi connectivity index (χ0) is 29.1.